The predicted octanol–water partition coefficient (Wildman–Crippen LogP) is 2.66. The van der Waals surface area contributed by atoms with Crippen LogP contribution in [0.15, 0.2) is 4.47 Å². The zero-order valence-electron chi connectivity index (χ0n) is 11.2. The molecular weight excluding hydrogens is 290 g/mol. The molecule has 0 aromatic carbocycles. The molecule has 0 aliphatic heterocycles. The van der Waals surface area contributed by atoms with Crippen molar-refractivity contribution in [2.24, 2.45) is 30.0 Å². The van der Waals surface area contributed by atoms with Gasteiger partial charge in [0.1, 0.15) is 0 Å². The van der Waals surface area contributed by atoms with Gasteiger partial charge in [0.15, 0.2) is 0 Å². The first kappa shape index (κ1) is 12.7. The monoisotopic (exact) mass is 311 g/mol. The average Bonchev–Trinajstić information content (AvgIpc) is 2.90. The fraction of sp³-hybridized carbons (Fsp3) is 0.786. The summed E-state index contributed by atoms with van der Waals surface area (Å²) in [4.78, 5) is 0. The third-order valence-electron chi connectivity index (χ3n) is 4.94. The summed E-state index contributed by atoms with van der Waals surface area (Å²) >= 11 is 3.73. The number of fused-ring (bicyclic) bond motifs is 1. The van der Waals surface area contributed by atoms with E-state index in [2.05, 4.69) is 35.0 Å². The van der Waals surface area contributed by atoms with Crippen molar-refractivity contribution in [2.45, 2.75) is 39.0 Å². The van der Waals surface area contributed by atoms with E-state index in [0.717, 1.165) is 31.2 Å². The van der Waals surface area contributed by atoms with E-state index in [-0.39, 0.29) is 0 Å². The van der Waals surface area contributed by atoms with Gasteiger partial charge in [-0.15, -0.1) is 0 Å². The van der Waals surface area contributed by atoms with Crippen LogP contribution in [0.1, 0.15) is 37.6 Å². The van der Waals surface area contributed by atoms with Crippen LogP contribution in [0.3, 0.4) is 0 Å². The molecule has 0 amide bonds. The predicted molar refractivity (Wildman–Crippen MR) is 76.3 cm³/mol. The Morgan fingerprint density at radius 3 is 2.61 bits per heavy atom. The maximum Gasteiger partial charge on any atom is 0.0766 e. The van der Waals surface area contributed by atoms with Gasteiger partial charge in [0.25, 0.3) is 0 Å². The van der Waals surface area contributed by atoms with Crippen LogP contribution in [-0.4, -0.2) is 16.3 Å². The number of hydrogen-bond acceptors (Lipinski definition) is 2. The van der Waals surface area contributed by atoms with Crippen molar-refractivity contribution in [3.8, 4) is 0 Å². The van der Waals surface area contributed by atoms with Gasteiger partial charge >= 0.3 is 0 Å². The third kappa shape index (κ3) is 1.94. The van der Waals surface area contributed by atoms with Gasteiger partial charge in [0, 0.05) is 7.05 Å². The molecule has 3 rings (SSSR count). The molecule has 0 saturated heterocycles. The molecular formula is C14H22BrN3. The van der Waals surface area contributed by atoms with Crippen LogP contribution in [0.25, 0.3) is 0 Å². The molecule has 0 bridgehead atoms. The van der Waals surface area contributed by atoms with Gasteiger partial charge in [-0.1, -0.05) is 6.92 Å². The van der Waals surface area contributed by atoms with Crippen LogP contribution >= 0.6 is 15.9 Å². The summed E-state index contributed by atoms with van der Waals surface area (Å²) in [5, 5.41) is 4.60. The number of halogens is 1. The first-order valence-electron chi connectivity index (χ1n) is 6.99. The Morgan fingerprint density at radius 2 is 2.11 bits per heavy atom. The molecule has 1 heterocycles. The second-order valence-corrected chi connectivity index (χ2v) is 7.02. The van der Waals surface area contributed by atoms with E-state index in [4.69, 9.17) is 5.73 Å². The number of hydrogen-bond donors (Lipinski definition) is 1. The van der Waals surface area contributed by atoms with Gasteiger partial charge in [-0.25, -0.2) is 0 Å². The summed E-state index contributed by atoms with van der Waals surface area (Å²) in [6, 6.07) is 0. The SMILES string of the molecule is CCc1nn(C)c(CC2(CN)CC3CC3C2)c1Br. The summed E-state index contributed by atoms with van der Waals surface area (Å²) in [7, 11) is 2.05. The van der Waals surface area contributed by atoms with Crippen LogP contribution < -0.4 is 5.73 Å². The lowest BCUT2D eigenvalue weighted by Gasteiger charge is -2.29. The molecule has 2 aliphatic carbocycles. The highest BCUT2D eigenvalue weighted by Gasteiger charge is 2.53. The molecule has 0 radical (unpaired) electrons. The highest BCUT2D eigenvalue weighted by atomic mass is 79.9. The fourth-order valence-corrected chi connectivity index (χ4v) is 4.51. The Labute approximate surface area is 117 Å². The number of nitrogens with two attached hydrogens (primary N) is 1. The van der Waals surface area contributed by atoms with Crippen LogP contribution in [0, 0.1) is 17.3 Å². The first-order chi connectivity index (χ1) is 8.58. The van der Waals surface area contributed by atoms with E-state index >= 15 is 0 Å². The summed E-state index contributed by atoms with van der Waals surface area (Å²) in [6.07, 6.45) is 6.17. The van der Waals surface area contributed by atoms with Crippen molar-refractivity contribution in [1.29, 1.82) is 0 Å². The van der Waals surface area contributed by atoms with Crippen molar-refractivity contribution in [3.63, 3.8) is 0 Å². The van der Waals surface area contributed by atoms with E-state index in [1.807, 2.05) is 4.68 Å². The third-order valence-corrected chi connectivity index (χ3v) is 5.85. The molecule has 1 aromatic heterocycles. The molecule has 3 nitrogen and oxygen atoms in total. The van der Waals surface area contributed by atoms with Crippen LogP contribution in [0.4, 0.5) is 0 Å². The molecule has 2 unspecified atom stereocenters. The highest BCUT2D eigenvalue weighted by Crippen LogP contribution is 2.60. The van der Waals surface area contributed by atoms with E-state index in [0.29, 0.717) is 5.41 Å². The van der Waals surface area contributed by atoms with E-state index in [1.54, 1.807) is 0 Å². The van der Waals surface area contributed by atoms with Crippen molar-refractivity contribution in [1.82, 2.24) is 9.78 Å². The molecule has 1 aromatic rings. The maximum absolute atomic E-state index is 6.09. The molecule has 2 aliphatic rings. The molecule has 100 valence electrons. The Balaban J connectivity index is 1.85. The summed E-state index contributed by atoms with van der Waals surface area (Å²) in [6.45, 7) is 2.97. The molecule has 0 spiro atoms. The minimum absolute atomic E-state index is 0.342. The quantitative estimate of drug-likeness (QED) is 0.929. The molecule has 2 fully saturated rings. The van der Waals surface area contributed by atoms with Crippen molar-refractivity contribution >= 4 is 15.9 Å². The number of rotatable bonds is 4. The summed E-state index contributed by atoms with van der Waals surface area (Å²) in [5.74, 6) is 1.96. The summed E-state index contributed by atoms with van der Waals surface area (Å²) in [5.41, 5.74) is 8.94. The van der Waals surface area contributed by atoms with Crippen LogP contribution in [0.2, 0.25) is 0 Å². The molecule has 2 saturated carbocycles. The highest BCUT2D eigenvalue weighted by molar-refractivity contribution is 9.10. The van der Waals surface area contributed by atoms with Crippen molar-refractivity contribution in [3.05, 3.63) is 15.9 Å². The largest absolute Gasteiger partial charge is 0.330 e. The van der Waals surface area contributed by atoms with E-state index in [1.165, 1.54) is 35.1 Å². The second kappa shape index (κ2) is 4.34. The van der Waals surface area contributed by atoms with Gasteiger partial charge in [0.05, 0.1) is 15.9 Å². The smallest absolute Gasteiger partial charge is 0.0766 e. The van der Waals surface area contributed by atoms with Gasteiger partial charge < -0.3 is 5.73 Å². The first-order valence-corrected chi connectivity index (χ1v) is 7.78. The lowest BCUT2D eigenvalue weighted by atomic mass is 9.79. The maximum atomic E-state index is 6.09. The zero-order chi connectivity index (χ0) is 12.9. The van der Waals surface area contributed by atoms with Crippen LogP contribution in [0.5, 0.6) is 0 Å². The van der Waals surface area contributed by atoms with Gasteiger partial charge in [-0.2, -0.15) is 5.10 Å². The van der Waals surface area contributed by atoms with Crippen LogP contribution in [-0.2, 0) is 19.9 Å². The normalized spacial score (nSPS) is 33.8. The molecule has 4 heteroatoms. The topological polar surface area (TPSA) is 43.8 Å². The van der Waals surface area contributed by atoms with E-state index in [9.17, 15) is 0 Å². The Bertz CT molecular complexity index is 456. The van der Waals surface area contributed by atoms with E-state index < -0.39 is 0 Å². The lowest BCUT2D eigenvalue weighted by Crippen LogP contribution is -2.32. The van der Waals surface area contributed by atoms with Gasteiger partial charge in [-0.05, 0) is 71.8 Å². The number of aryl methyl sites for hydroxylation is 2. The minimum atomic E-state index is 0.342. The zero-order valence-corrected chi connectivity index (χ0v) is 12.8. The summed E-state index contributed by atoms with van der Waals surface area (Å²) < 4.78 is 3.26. The second-order valence-electron chi connectivity index (χ2n) is 6.23. The number of nitrogens with zero attached hydrogens (tertiary/aromatic N) is 2. The average molecular weight is 312 g/mol. The standard InChI is InChI=1S/C14H22BrN3/c1-3-11-13(15)12(18(2)17-11)7-14(8-16)5-9-4-10(9)6-14/h9-10H,3-8,16H2,1-2H3. The van der Waals surface area contributed by atoms with Gasteiger partial charge in [0.2, 0.25) is 0 Å². The Kier molecular flexibility index (Phi) is 3.06. The fourth-order valence-electron chi connectivity index (χ4n) is 3.76. The molecule has 2 N–H and O–H groups in total. The lowest BCUT2D eigenvalue weighted by molar-refractivity contribution is 0.266. The molecule has 18 heavy (non-hydrogen) atoms. The minimum Gasteiger partial charge on any atom is -0.330 e. The Morgan fingerprint density at radius 1 is 1.44 bits per heavy atom. The van der Waals surface area contributed by atoms with Gasteiger partial charge in [-0.3, -0.25) is 4.68 Å². The Hall–Kier alpha value is -0.350. The van der Waals surface area contributed by atoms with Crippen molar-refractivity contribution in [2.75, 3.05) is 6.54 Å². The number of aromatic nitrogens is 2. The van der Waals surface area contributed by atoms with Crippen molar-refractivity contribution < 1.29 is 0 Å². The molecule has 2 atom stereocenters.